The summed E-state index contributed by atoms with van der Waals surface area (Å²) in [6, 6.07) is 4.14. The maximum atomic E-state index is 13.8. The Bertz CT molecular complexity index is 1020. The number of hydrogen-bond donors (Lipinski definition) is 0. The van der Waals surface area contributed by atoms with Gasteiger partial charge in [0.15, 0.2) is 0 Å². The SMILES string of the molecule is C#Cc1cnc(OCC(C)CCC(=O)N2N=CCC2c2ccc(F)c(CN=O)c2)cn1.C=C. The van der Waals surface area contributed by atoms with Crippen LogP contribution >= 0.6 is 0 Å². The molecular formula is C24H26FN5O3. The Hall–Kier alpha value is -3.93. The monoisotopic (exact) mass is 451 g/mol. The van der Waals surface area contributed by atoms with Crippen molar-refractivity contribution in [3.8, 4) is 18.2 Å². The number of nitrogens with zero attached hydrogens (tertiary/aromatic N) is 5. The minimum Gasteiger partial charge on any atom is -0.476 e. The first-order chi connectivity index (χ1) is 16.0. The molecule has 1 amide bonds. The van der Waals surface area contributed by atoms with Crippen LogP contribution in [0.25, 0.3) is 0 Å². The van der Waals surface area contributed by atoms with Crippen LogP contribution in [0.3, 0.4) is 0 Å². The number of hydrazone groups is 1. The van der Waals surface area contributed by atoms with E-state index in [0.717, 1.165) is 5.56 Å². The first-order valence-corrected chi connectivity index (χ1v) is 10.3. The Labute approximate surface area is 192 Å². The Morgan fingerprint density at radius 1 is 1.39 bits per heavy atom. The predicted molar refractivity (Wildman–Crippen MR) is 124 cm³/mol. The summed E-state index contributed by atoms with van der Waals surface area (Å²) in [7, 11) is 0. The molecule has 0 saturated carbocycles. The van der Waals surface area contributed by atoms with Gasteiger partial charge < -0.3 is 4.74 Å². The minimum absolute atomic E-state index is 0.0965. The second kappa shape index (κ2) is 12.8. The molecule has 2 atom stereocenters. The molecular weight excluding hydrogens is 425 g/mol. The highest BCUT2D eigenvalue weighted by Gasteiger charge is 2.28. The molecule has 0 bridgehead atoms. The van der Waals surface area contributed by atoms with Crippen molar-refractivity contribution in [1.29, 1.82) is 0 Å². The molecule has 0 spiro atoms. The van der Waals surface area contributed by atoms with Crippen LogP contribution in [0.2, 0.25) is 0 Å². The lowest BCUT2D eigenvalue weighted by atomic mass is 10.0. The molecule has 0 saturated heterocycles. The summed E-state index contributed by atoms with van der Waals surface area (Å²) in [6.45, 7) is 8.10. The molecule has 9 heteroatoms. The van der Waals surface area contributed by atoms with E-state index in [1.807, 2.05) is 6.92 Å². The van der Waals surface area contributed by atoms with E-state index >= 15 is 0 Å². The van der Waals surface area contributed by atoms with Crippen LogP contribution < -0.4 is 4.74 Å². The van der Waals surface area contributed by atoms with E-state index in [-0.39, 0.29) is 36.4 Å². The summed E-state index contributed by atoms with van der Waals surface area (Å²) in [6.07, 6.45) is 11.2. The number of ether oxygens (including phenoxy) is 1. The van der Waals surface area contributed by atoms with Gasteiger partial charge in [-0.1, -0.05) is 18.2 Å². The van der Waals surface area contributed by atoms with Gasteiger partial charge in [-0.15, -0.1) is 19.6 Å². The molecule has 0 radical (unpaired) electrons. The highest BCUT2D eigenvalue weighted by molar-refractivity contribution is 5.79. The molecule has 2 heterocycles. The van der Waals surface area contributed by atoms with Crippen molar-refractivity contribution in [2.75, 3.05) is 6.61 Å². The van der Waals surface area contributed by atoms with Crippen LogP contribution in [0.4, 0.5) is 4.39 Å². The summed E-state index contributed by atoms with van der Waals surface area (Å²) in [5.74, 6) is 2.23. The lowest BCUT2D eigenvalue weighted by molar-refractivity contribution is -0.133. The fraction of sp³-hybridized carbons (Fsp3) is 0.333. The van der Waals surface area contributed by atoms with Gasteiger partial charge in [0, 0.05) is 24.6 Å². The predicted octanol–water partition coefficient (Wildman–Crippen LogP) is 4.42. The van der Waals surface area contributed by atoms with Gasteiger partial charge in [-0.2, -0.15) is 10.0 Å². The third-order valence-electron chi connectivity index (χ3n) is 4.92. The van der Waals surface area contributed by atoms with Gasteiger partial charge in [-0.05, 0) is 36.0 Å². The zero-order valence-electron chi connectivity index (χ0n) is 18.5. The van der Waals surface area contributed by atoms with Crippen LogP contribution in [-0.2, 0) is 11.3 Å². The van der Waals surface area contributed by atoms with Crippen LogP contribution in [0.5, 0.6) is 5.88 Å². The van der Waals surface area contributed by atoms with Gasteiger partial charge in [-0.3, -0.25) is 4.79 Å². The van der Waals surface area contributed by atoms with Gasteiger partial charge in [0.1, 0.15) is 18.1 Å². The number of hydrogen-bond acceptors (Lipinski definition) is 7. The molecule has 0 aliphatic carbocycles. The highest BCUT2D eigenvalue weighted by Crippen LogP contribution is 2.30. The number of amides is 1. The van der Waals surface area contributed by atoms with Gasteiger partial charge in [-0.25, -0.2) is 19.4 Å². The van der Waals surface area contributed by atoms with Crippen LogP contribution in [0, 0.1) is 29.0 Å². The summed E-state index contributed by atoms with van der Waals surface area (Å²) >= 11 is 0. The molecule has 1 aliphatic heterocycles. The first-order valence-electron chi connectivity index (χ1n) is 10.3. The van der Waals surface area contributed by atoms with Crippen molar-refractivity contribution >= 4 is 12.1 Å². The number of terminal acetylenes is 1. The lowest BCUT2D eigenvalue weighted by Crippen LogP contribution is -2.27. The quantitative estimate of drug-likeness (QED) is 0.319. The number of nitroso groups, excluding NO2 is 1. The second-order valence-electron chi connectivity index (χ2n) is 7.26. The Morgan fingerprint density at radius 3 is 2.85 bits per heavy atom. The van der Waals surface area contributed by atoms with Crippen molar-refractivity contribution in [1.82, 2.24) is 15.0 Å². The van der Waals surface area contributed by atoms with Gasteiger partial charge in [0.25, 0.3) is 0 Å². The van der Waals surface area contributed by atoms with E-state index in [1.165, 1.54) is 23.5 Å². The summed E-state index contributed by atoms with van der Waals surface area (Å²) < 4.78 is 19.4. The average Bonchev–Trinajstić information content (AvgIpc) is 3.34. The molecule has 2 aromatic rings. The van der Waals surface area contributed by atoms with Gasteiger partial charge in [0.05, 0.1) is 25.0 Å². The zero-order chi connectivity index (χ0) is 24.2. The molecule has 3 rings (SSSR count). The number of aromatic nitrogens is 2. The third-order valence-corrected chi connectivity index (χ3v) is 4.92. The number of halogens is 1. The molecule has 8 nitrogen and oxygen atoms in total. The van der Waals surface area contributed by atoms with E-state index in [0.29, 0.717) is 31.0 Å². The third kappa shape index (κ3) is 7.04. The Morgan fingerprint density at radius 2 is 2.18 bits per heavy atom. The molecule has 172 valence electrons. The molecule has 33 heavy (non-hydrogen) atoms. The summed E-state index contributed by atoms with van der Waals surface area (Å²) in [4.78, 5) is 31.4. The molecule has 1 aromatic carbocycles. The van der Waals surface area contributed by atoms with Crippen molar-refractivity contribution in [3.63, 3.8) is 0 Å². The molecule has 0 fully saturated rings. The van der Waals surface area contributed by atoms with E-state index in [1.54, 1.807) is 18.3 Å². The van der Waals surface area contributed by atoms with Gasteiger partial charge in [0.2, 0.25) is 11.8 Å². The van der Waals surface area contributed by atoms with Crippen molar-refractivity contribution in [2.45, 2.75) is 38.8 Å². The Balaban J connectivity index is 0.00000187. The number of carbonyl (C=O) groups is 1. The van der Waals surface area contributed by atoms with Crippen LogP contribution in [0.15, 0.2) is 54.0 Å². The number of carbonyl (C=O) groups excluding carboxylic acids is 1. The fourth-order valence-electron chi connectivity index (χ4n) is 3.18. The lowest BCUT2D eigenvalue weighted by Gasteiger charge is -2.23. The average molecular weight is 452 g/mol. The van der Waals surface area contributed by atoms with Crippen LogP contribution in [-0.4, -0.2) is 33.7 Å². The summed E-state index contributed by atoms with van der Waals surface area (Å²) in [5, 5.41) is 8.37. The van der Waals surface area contributed by atoms with Gasteiger partial charge >= 0.3 is 0 Å². The van der Waals surface area contributed by atoms with E-state index in [2.05, 4.69) is 39.3 Å². The maximum absolute atomic E-state index is 13.8. The van der Waals surface area contributed by atoms with E-state index in [4.69, 9.17) is 11.2 Å². The van der Waals surface area contributed by atoms with E-state index < -0.39 is 5.82 Å². The smallest absolute Gasteiger partial charge is 0.243 e. The maximum Gasteiger partial charge on any atom is 0.243 e. The highest BCUT2D eigenvalue weighted by atomic mass is 19.1. The van der Waals surface area contributed by atoms with Crippen molar-refractivity contribution in [3.05, 3.63) is 71.3 Å². The molecule has 0 N–H and O–H groups in total. The second-order valence-corrected chi connectivity index (χ2v) is 7.26. The number of rotatable bonds is 9. The minimum atomic E-state index is -0.493. The fourth-order valence-corrected chi connectivity index (χ4v) is 3.18. The molecule has 2 unspecified atom stereocenters. The standard InChI is InChI=1S/C22H22FN5O3.C2H4/c1-3-18-12-25-21(13-24-18)31-14-15(2)4-7-22(29)28-20(8-9-26-28)16-5-6-19(23)17(10-16)11-27-30;1-2/h1,5-6,9-10,12-13,15,20H,4,7-8,11,14H2,2H3;1-2H2. The Kier molecular flexibility index (Phi) is 9.83. The van der Waals surface area contributed by atoms with Crippen molar-refractivity contribution in [2.24, 2.45) is 16.2 Å². The topological polar surface area (TPSA) is 97.1 Å². The number of benzene rings is 1. The largest absolute Gasteiger partial charge is 0.476 e. The summed E-state index contributed by atoms with van der Waals surface area (Å²) in [5.41, 5.74) is 1.36. The first kappa shape index (κ1) is 25.3. The normalized spacial score (nSPS) is 15.2. The van der Waals surface area contributed by atoms with E-state index in [9.17, 15) is 14.1 Å². The van der Waals surface area contributed by atoms with Crippen LogP contribution in [0.1, 0.15) is 49.0 Å². The van der Waals surface area contributed by atoms with Crippen molar-refractivity contribution < 1.29 is 13.9 Å². The zero-order valence-corrected chi connectivity index (χ0v) is 18.5. The molecule has 1 aromatic heterocycles. The molecule has 1 aliphatic rings.